The van der Waals surface area contributed by atoms with Crippen molar-refractivity contribution >= 4 is 18.3 Å². The van der Waals surface area contributed by atoms with Crippen molar-refractivity contribution in [1.82, 2.24) is 30.4 Å². The largest absolute Gasteiger partial charge is 0.381 e. The van der Waals surface area contributed by atoms with Gasteiger partial charge in [-0.05, 0) is 42.0 Å². The molecular formula is C17H31ClN6O2. The summed E-state index contributed by atoms with van der Waals surface area (Å²) in [6.45, 7) is 6.73. The molecule has 26 heavy (non-hydrogen) atoms. The molecule has 2 aliphatic heterocycles. The summed E-state index contributed by atoms with van der Waals surface area (Å²) < 4.78 is 7.15. The number of amides is 1. The molecule has 0 saturated carbocycles. The van der Waals surface area contributed by atoms with E-state index in [-0.39, 0.29) is 24.4 Å². The summed E-state index contributed by atoms with van der Waals surface area (Å²) in [5.74, 6) is 0.712. The van der Waals surface area contributed by atoms with Gasteiger partial charge in [-0.15, -0.1) is 17.5 Å². The van der Waals surface area contributed by atoms with E-state index in [2.05, 4.69) is 32.7 Å². The Morgan fingerprint density at radius 2 is 2.12 bits per heavy atom. The minimum absolute atomic E-state index is 0. The highest BCUT2D eigenvalue weighted by atomic mass is 35.5. The zero-order valence-electron chi connectivity index (χ0n) is 15.5. The number of likely N-dealkylation sites (tertiary alicyclic amines) is 1. The predicted molar refractivity (Wildman–Crippen MR) is 100 cm³/mol. The molecule has 148 valence electrons. The molecule has 2 aliphatic rings. The lowest BCUT2D eigenvalue weighted by Gasteiger charge is -2.31. The number of hydrogen-bond donors (Lipinski definition) is 1. The Labute approximate surface area is 161 Å². The number of rotatable bonds is 8. The van der Waals surface area contributed by atoms with Crippen LogP contribution >= 0.6 is 12.4 Å². The van der Waals surface area contributed by atoms with Crippen molar-refractivity contribution in [2.24, 2.45) is 5.92 Å². The van der Waals surface area contributed by atoms with Crippen LogP contribution in [0.1, 0.15) is 45.4 Å². The topological polar surface area (TPSA) is 85.2 Å². The van der Waals surface area contributed by atoms with E-state index >= 15 is 0 Å². The molecule has 1 aromatic rings. The molecule has 1 aromatic heterocycles. The van der Waals surface area contributed by atoms with Gasteiger partial charge in [-0.2, -0.15) is 0 Å². The van der Waals surface area contributed by atoms with E-state index in [1.165, 1.54) is 6.42 Å². The van der Waals surface area contributed by atoms with Crippen LogP contribution in [0.2, 0.25) is 0 Å². The molecule has 0 radical (unpaired) electrons. The van der Waals surface area contributed by atoms with Gasteiger partial charge in [-0.1, -0.05) is 13.3 Å². The molecule has 0 bridgehead atoms. The van der Waals surface area contributed by atoms with E-state index in [0.29, 0.717) is 24.9 Å². The second-order valence-corrected chi connectivity index (χ2v) is 7.20. The molecule has 0 aromatic carbocycles. The lowest BCUT2D eigenvalue weighted by molar-refractivity contribution is -0.122. The van der Waals surface area contributed by atoms with Crippen LogP contribution in [0.3, 0.4) is 0 Å². The first kappa shape index (κ1) is 21.1. The Kier molecular flexibility index (Phi) is 8.74. The van der Waals surface area contributed by atoms with Crippen LogP contribution < -0.4 is 5.32 Å². The smallest absolute Gasteiger partial charge is 0.220 e. The van der Waals surface area contributed by atoms with Crippen molar-refractivity contribution in [2.75, 3.05) is 26.3 Å². The maximum Gasteiger partial charge on any atom is 0.220 e. The number of hydrogen-bond acceptors (Lipinski definition) is 6. The third-order valence-electron chi connectivity index (χ3n) is 5.36. The van der Waals surface area contributed by atoms with Crippen molar-refractivity contribution in [2.45, 2.75) is 64.1 Å². The third kappa shape index (κ3) is 5.89. The van der Waals surface area contributed by atoms with Crippen LogP contribution in [-0.4, -0.2) is 69.4 Å². The van der Waals surface area contributed by atoms with Gasteiger partial charge < -0.3 is 10.1 Å². The number of aromatic nitrogens is 4. The van der Waals surface area contributed by atoms with Crippen molar-refractivity contribution in [3.8, 4) is 0 Å². The third-order valence-corrected chi connectivity index (χ3v) is 5.36. The van der Waals surface area contributed by atoms with Gasteiger partial charge in [-0.3, -0.25) is 9.69 Å². The normalized spacial score (nSPS) is 24.3. The van der Waals surface area contributed by atoms with Crippen molar-refractivity contribution in [3.63, 3.8) is 0 Å². The number of carbonyl (C=O) groups excluding carboxylic acids is 1. The molecule has 1 amide bonds. The Balaban J connectivity index is 0.00000243. The summed E-state index contributed by atoms with van der Waals surface area (Å²) in [4.78, 5) is 14.9. The van der Waals surface area contributed by atoms with Crippen molar-refractivity contribution < 1.29 is 9.53 Å². The molecule has 2 saturated heterocycles. The molecule has 2 fully saturated rings. The summed E-state index contributed by atoms with van der Waals surface area (Å²) in [5, 5.41) is 14.3. The Morgan fingerprint density at radius 1 is 1.31 bits per heavy atom. The summed E-state index contributed by atoms with van der Waals surface area (Å²) in [6.07, 6.45) is 7.43. The standard InChI is InChI=1S/C17H30N6O2.ClH/c1-2-4-14-11-22(15-6-9-25-10-7-15)12-16(14)19-17(24)5-3-8-23-13-18-20-21-23;/h13-16H,2-12H2,1H3,(H,19,24);1H/t14-,16-;/m0./s1. The van der Waals surface area contributed by atoms with Gasteiger partial charge in [0, 0.05) is 51.4 Å². The van der Waals surface area contributed by atoms with E-state index in [1.807, 2.05) is 0 Å². The van der Waals surface area contributed by atoms with Crippen LogP contribution in [0.25, 0.3) is 0 Å². The molecule has 0 unspecified atom stereocenters. The fraction of sp³-hybridized carbons (Fsp3) is 0.882. The van der Waals surface area contributed by atoms with Crippen LogP contribution in [0, 0.1) is 5.92 Å². The van der Waals surface area contributed by atoms with Gasteiger partial charge in [0.05, 0.1) is 0 Å². The SMILES string of the molecule is CCC[C@H]1CN(C2CCOCC2)C[C@@H]1NC(=O)CCCn1cnnn1.Cl. The number of carbonyl (C=O) groups is 1. The van der Waals surface area contributed by atoms with E-state index in [4.69, 9.17) is 4.74 Å². The maximum atomic E-state index is 12.3. The van der Waals surface area contributed by atoms with Gasteiger partial charge in [0.15, 0.2) is 0 Å². The van der Waals surface area contributed by atoms with E-state index in [1.54, 1.807) is 11.0 Å². The number of ether oxygens (including phenoxy) is 1. The first-order valence-corrected chi connectivity index (χ1v) is 9.58. The molecule has 0 spiro atoms. The Hall–Kier alpha value is -1.25. The van der Waals surface area contributed by atoms with Gasteiger partial charge in [0.2, 0.25) is 5.91 Å². The summed E-state index contributed by atoms with van der Waals surface area (Å²) in [5.41, 5.74) is 0. The number of tetrazole rings is 1. The minimum atomic E-state index is 0. The number of nitrogens with one attached hydrogen (secondary N) is 1. The van der Waals surface area contributed by atoms with Crippen LogP contribution in [-0.2, 0) is 16.1 Å². The highest BCUT2D eigenvalue weighted by molar-refractivity contribution is 5.85. The molecular weight excluding hydrogens is 356 g/mol. The highest BCUT2D eigenvalue weighted by Crippen LogP contribution is 2.27. The maximum absolute atomic E-state index is 12.3. The zero-order chi connectivity index (χ0) is 17.5. The van der Waals surface area contributed by atoms with Crippen molar-refractivity contribution in [3.05, 3.63) is 6.33 Å². The molecule has 3 heterocycles. The molecule has 9 heteroatoms. The molecule has 0 aliphatic carbocycles. The highest BCUT2D eigenvalue weighted by Gasteiger charge is 2.36. The molecule has 8 nitrogen and oxygen atoms in total. The monoisotopic (exact) mass is 386 g/mol. The molecule has 1 N–H and O–H groups in total. The van der Waals surface area contributed by atoms with E-state index in [9.17, 15) is 4.79 Å². The first-order chi connectivity index (χ1) is 12.3. The average Bonchev–Trinajstić information content (AvgIpc) is 3.27. The molecule has 3 rings (SSSR count). The van der Waals surface area contributed by atoms with Gasteiger partial charge in [0.25, 0.3) is 0 Å². The summed E-state index contributed by atoms with van der Waals surface area (Å²) >= 11 is 0. The second-order valence-electron chi connectivity index (χ2n) is 7.20. The van der Waals surface area contributed by atoms with Crippen LogP contribution in [0.15, 0.2) is 6.33 Å². The first-order valence-electron chi connectivity index (χ1n) is 9.58. The lowest BCUT2D eigenvalue weighted by Crippen LogP contribution is -2.42. The van der Waals surface area contributed by atoms with Gasteiger partial charge in [0.1, 0.15) is 6.33 Å². The van der Waals surface area contributed by atoms with Crippen LogP contribution in [0.4, 0.5) is 0 Å². The Bertz CT molecular complexity index is 523. The average molecular weight is 387 g/mol. The summed E-state index contributed by atoms with van der Waals surface area (Å²) in [6, 6.07) is 0.901. The molecule has 2 atom stereocenters. The van der Waals surface area contributed by atoms with E-state index < -0.39 is 0 Å². The van der Waals surface area contributed by atoms with Gasteiger partial charge >= 0.3 is 0 Å². The number of halogens is 1. The Morgan fingerprint density at radius 3 is 2.81 bits per heavy atom. The van der Waals surface area contributed by atoms with Gasteiger partial charge in [-0.25, -0.2) is 4.68 Å². The minimum Gasteiger partial charge on any atom is -0.381 e. The lowest BCUT2D eigenvalue weighted by atomic mass is 9.98. The number of nitrogens with zero attached hydrogens (tertiary/aromatic N) is 5. The zero-order valence-corrected chi connectivity index (χ0v) is 16.4. The quantitative estimate of drug-likeness (QED) is 0.724. The fourth-order valence-electron chi connectivity index (χ4n) is 4.04. The fourth-order valence-corrected chi connectivity index (χ4v) is 4.04. The number of aryl methyl sites for hydroxylation is 1. The second kappa shape index (κ2) is 10.8. The van der Waals surface area contributed by atoms with E-state index in [0.717, 1.165) is 52.0 Å². The summed E-state index contributed by atoms with van der Waals surface area (Å²) in [7, 11) is 0. The van der Waals surface area contributed by atoms with Crippen molar-refractivity contribution in [1.29, 1.82) is 0 Å². The van der Waals surface area contributed by atoms with Crippen LogP contribution in [0.5, 0.6) is 0 Å². The predicted octanol–water partition coefficient (Wildman–Crippen LogP) is 1.27.